The average Bonchev–Trinajstić information content (AvgIpc) is 1.77. The summed E-state index contributed by atoms with van der Waals surface area (Å²) in [4.78, 5) is 53.9. The molecule has 0 rings (SSSR count). The fraction of sp³-hybridized carbons (Fsp3) is 1.00. The van der Waals surface area contributed by atoms with Gasteiger partial charge in [-0.2, -0.15) is 0 Å². The summed E-state index contributed by atoms with van der Waals surface area (Å²) in [5, 5.41) is 0. The molecule has 0 saturated carbocycles. The molecule has 0 saturated heterocycles. The molecular formula is CH4ClFeO9P3. The molecule has 0 fully saturated rings. The molecule has 9 nitrogen and oxygen atoms in total. The zero-order chi connectivity index (χ0) is 12.0. The third kappa shape index (κ3) is 3.36. The van der Waals surface area contributed by atoms with Gasteiger partial charge < -0.3 is 33.9 Å². The van der Waals surface area contributed by atoms with Crippen LogP contribution in [-0.4, -0.2) is 23.7 Å². The van der Waals surface area contributed by atoms with Crippen molar-refractivity contribution in [1.82, 2.24) is 0 Å². The molecule has 15 heavy (non-hydrogen) atoms. The van der Waals surface area contributed by atoms with Crippen molar-refractivity contribution in [3.05, 3.63) is 0 Å². The van der Waals surface area contributed by atoms with Crippen LogP contribution < -0.4 is 9.79 Å². The van der Waals surface area contributed by atoms with E-state index in [4.69, 9.17) is 19.6 Å². The van der Waals surface area contributed by atoms with Crippen molar-refractivity contribution < 1.29 is 60.1 Å². The Hall–Kier alpha value is 1.26. The van der Waals surface area contributed by atoms with E-state index in [2.05, 4.69) is 11.6 Å². The van der Waals surface area contributed by atoms with Gasteiger partial charge in [-0.3, -0.25) is 9.13 Å². The minimum atomic E-state index is -6.39. The Morgan fingerprint density at radius 1 is 0.933 bits per heavy atom. The van der Waals surface area contributed by atoms with Gasteiger partial charge >= 0.3 is 32.3 Å². The quantitative estimate of drug-likeness (QED) is 0.258. The third-order valence-corrected chi connectivity index (χ3v) is 9.81. The molecule has 0 heterocycles. The molecule has 0 spiro atoms. The van der Waals surface area contributed by atoms with Gasteiger partial charge in [0.25, 0.3) is 4.10 Å². The fourth-order valence-corrected chi connectivity index (χ4v) is 4.40. The molecule has 0 aliphatic carbocycles. The Balaban J connectivity index is 0. The smallest absolute Gasteiger partial charge is 0.809 e. The van der Waals surface area contributed by atoms with Crippen LogP contribution in [0.2, 0.25) is 0 Å². The molecule has 0 aromatic rings. The van der Waals surface area contributed by atoms with Gasteiger partial charge in [0, 0.05) is 0 Å². The third-order valence-electron chi connectivity index (χ3n) is 1.09. The van der Waals surface area contributed by atoms with Crippen molar-refractivity contribution in [3.8, 4) is 0 Å². The Morgan fingerprint density at radius 2 is 1.13 bits per heavy atom. The second-order valence-corrected chi connectivity index (χ2v) is 9.74. The van der Waals surface area contributed by atoms with Gasteiger partial charge in [-0.1, -0.05) is 11.6 Å². The van der Waals surface area contributed by atoms with Crippen molar-refractivity contribution in [1.29, 1.82) is 0 Å². The van der Waals surface area contributed by atoms with Crippen LogP contribution in [0.1, 0.15) is 0 Å². The maximum atomic E-state index is 10.4. The number of hydrogen-bond donors (Lipinski definition) is 4. The summed E-state index contributed by atoms with van der Waals surface area (Å²) >= 11 is 4.55. The topological polar surface area (TPSA) is 178 Å². The molecule has 4 N–H and O–H groups in total. The van der Waals surface area contributed by atoms with E-state index in [0.717, 1.165) is 0 Å². The molecule has 0 aliphatic heterocycles. The van der Waals surface area contributed by atoms with E-state index in [0.29, 0.717) is 0 Å². The first-order valence-corrected chi connectivity index (χ1v) is 7.72. The van der Waals surface area contributed by atoms with Gasteiger partial charge in [0.1, 0.15) is 0 Å². The van der Waals surface area contributed by atoms with Gasteiger partial charge in [-0.05, 0) is 7.60 Å². The summed E-state index contributed by atoms with van der Waals surface area (Å²) in [6, 6.07) is 0. The van der Waals surface area contributed by atoms with Crippen molar-refractivity contribution in [2.24, 2.45) is 0 Å². The number of rotatable bonds is 3. The first-order chi connectivity index (χ1) is 5.75. The summed E-state index contributed by atoms with van der Waals surface area (Å²) in [5.74, 6) is 0. The van der Waals surface area contributed by atoms with Gasteiger partial charge in [0.15, 0.2) is 0 Å². The fourth-order valence-electron chi connectivity index (χ4n) is 0.489. The monoisotopic (exact) mass is 344 g/mol. The Bertz CT molecular complexity index is 304. The molecule has 0 aromatic heterocycles. The van der Waals surface area contributed by atoms with Crippen LogP contribution in [0.5, 0.6) is 0 Å². The van der Waals surface area contributed by atoms with Crippen molar-refractivity contribution >= 4 is 34.4 Å². The van der Waals surface area contributed by atoms with Crippen molar-refractivity contribution in [2.75, 3.05) is 0 Å². The summed E-state index contributed by atoms with van der Waals surface area (Å²) in [7, 11) is -18.4. The summed E-state index contributed by atoms with van der Waals surface area (Å²) in [6.07, 6.45) is 0. The van der Waals surface area contributed by atoms with Crippen LogP contribution in [0.25, 0.3) is 0 Å². The first kappa shape index (κ1) is 18.6. The summed E-state index contributed by atoms with van der Waals surface area (Å²) in [5.41, 5.74) is 0. The van der Waals surface area contributed by atoms with E-state index in [1.54, 1.807) is 0 Å². The zero-order valence-electron chi connectivity index (χ0n) is 6.40. The molecule has 0 amide bonds. The van der Waals surface area contributed by atoms with Crippen molar-refractivity contribution in [2.45, 2.75) is 4.10 Å². The predicted octanol–water partition coefficient (Wildman–Crippen LogP) is -1.90. The van der Waals surface area contributed by atoms with E-state index in [1.165, 1.54) is 0 Å². The molecule has 14 heteroatoms. The normalized spacial score (nSPS) is 14.6. The first-order valence-electron chi connectivity index (χ1n) is 2.57. The summed E-state index contributed by atoms with van der Waals surface area (Å²) in [6.45, 7) is 0. The van der Waals surface area contributed by atoms with Crippen LogP contribution in [-0.2, 0) is 30.8 Å². The predicted molar refractivity (Wildman–Crippen MR) is 40.3 cm³/mol. The largest absolute Gasteiger partial charge is 2.00 e. The molecule has 0 radical (unpaired) electrons. The van der Waals surface area contributed by atoms with E-state index < -0.39 is 26.9 Å². The summed E-state index contributed by atoms with van der Waals surface area (Å²) < 4.78 is 26.8. The van der Waals surface area contributed by atoms with E-state index >= 15 is 0 Å². The van der Waals surface area contributed by atoms with Crippen LogP contribution in [0.4, 0.5) is 0 Å². The SMILES string of the molecule is O=P([O-])([O-])C(Cl)(P(=O)(O)O)P(=O)(O)O.[Fe+2]. The molecule has 0 bridgehead atoms. The molecule has 92 valence electrons. The number of halogens is 1. The molecule has 0 unspecified atom stereocenters. The Kier molecular flexibility index (Phi) is 6.04. The van der Waals surface area contributed by atoms with Crippen LogP contribution >= 0.6 is 34.4 Å². The van der Waals surface area contributed by atoms with Crippen LogP contribution in [0.3, 0.4) is 0 Å². The van der Waals surface area contributed by atoms with Gasteiger partial charge in [-0.25, -0.2) is 0 Å². The molecule has 0 aromatic carbocycles. The average molecular weight is 344 g/mol. The number of alkyl halides is 1. The van der Waals surface area contributed by atoms with E-state index in [9.17, 15) is 23.5 Å². The molecular weight excluding hydrogens is 340 g/mol. The van der Waals surface area contributed by atoms with E-state index in [1.807, 2.05) is 0 Å². The Morgan fingerprint density at radius 3 is 1.13 bits per heavy atom. The van der Waals surface area contributed by atoms with Crippen LogP contribution in [0.15, 0.2) is 0 Å². The standard InChI is InChI=1S/CH6ClO9P3.Fe/c2-1(12(3,4)5,13(6,7)8)14(9,10)11;/h(H2,3,4,5)(H2,6,7,8)(H2,9,10,11);/q;+2/p-2. The van der Waals surface area contributed by atoms with E-state index in [-0.39, 0.29) is 17.1 Å². The number of hydrogen-bond acceptors (Lipinski definition) is 5. The second-order valence-electron chi connectivity index (χ2n) is 2.14. The maximum Gasteiger partial charge on any atom is 2.00 e. The minimum Gasteiger partial charge on any atom is -0.809 e. The molecule has 0 aliphatic rings. The maximum absolute atomic E-state index is 10.4. The molecule has 0 atom stereocenters. The van der Waals surface area contributed by atoms with Gasteiger partial charge in [0.05, 0.1) is 0 Å². The van der Waals surface area contributed by atoms with Crippen molar-refractivity contribution in [3.63, 3.8) is 0 Å². The van der Waals surface area contributed by atoms with Crippen LogP contribution in [0, 0.1) is 0 Å². The zero-order valence-corrected chi connectivity index (χ0v) is 10.9. The van der Waals surface area contributed by atoms with Gasteiger partial charge in [-0.15, -0.1) is 0 Å². The second kappa shape index (κ2) is 4.86. The van der Waals surface area contributed by atoms with Gasteiger partial charge in [0.2, 0.25) is 0 Å². The Labute approximate surface area is 98.8 Å². The minimum absolute atomic E-state index is 0.